The van der Waals surface area contributed by atoms with E-state index in [4.69, 9.17) is 0 Å². The van der Waals surface area contributed by atoms with Crippen LogP contribution in [0.5, 0.6) is 11.5 Å². The van der Waals surface area contributed by atoms with Crippen LogP contribution in [0.25, 0.3) is 0 Å². The van der Waals surface area contributed by atoms with Gasteiger partial charge in [-0.15, -0.1) is 0 Å². The van der Waals surface area contributed by atoms with Crippen molar-refractivity contribution in [2.24, 2.45) is 10.2 Å². The minimum absolute atomic E-state index is 0.0507. The van der Waals surface area contributed by atoms with E-state index in [0.29, 0.717) is 11.1 Å². The van der Waals surface area contributed by atoms with E-state index in [2.05, 4.69) is 21.1 Å². The first-order valence-electron chi connectivity index (χ1n) is 7.75. The Labute approximate surface area is 149 Å². The number of hydrogen-bond acceptors (Lipinski definition) is 6. The van der Waals surface area contributed by atoms with E-state index in [0.717, 1.165) is 0 Å². The third-order valence-electron chi connectivity index (χ3n) is 3.13. The highest BCUT2D eigenvalue weighted by Crippen LogP contribution is 2.09. The Balaban J connectivity index is 1.69. The molecule has 0 aliphatic carbocycles. The number of benzene rings is 2. The first-order valence-corrected chi connectivity index (χ1v) is 7.75. The van der Waals surface area contributed by atoms with Crippen LogP contribution in [0.4, 0.5) is 0 Å². The molecule has 0 unspecified atom stereocenters. The topological polar surface area (TPSA) is 123 Å². The molecular formula is C18H18N4O4. The fourth-order valence-electron chi connectivity index (χ4n) is 1.91. The number of carbonyl (C=O) groups excluding carboxylic acids is 2. The Kier molecular flexibility index (Phi) is 6.87. The summed E-state index contributed by atoms with van der Waals surface area (Å²) < 4.78 is 0. The highest BCUT2D eigenvalue weighted by atomic mass is 16.3. The summed E-state index contributed by atoms with van der Waals surface area (Å²) in [6, 6.07) is 12.8. The molecule has 0 aliphatic rings. The van der Waals surface area contributed by atoms with E-state index in [-0.39, 0.29) is 24.3 Å². The summed E-state index contributed by atoms with van der Waals surface area (Å²) in [5.41, 5.74) is 5.85. The molecule has 2 aromatic rings. The molecule has 4 N–H and O–H groups in total. The molecule has 0 bridgehead atoms. The first-order chi connectivity index (χ1) is 12.5. The Hall–Kier alpha value is -3.68. The minimum Gasteiger partial charge on any atom is -0.508 e. The molecular weight excluding hydrogens is 336 g/mol. The summed E-state index contributed by atoms with van der Waals surface area (Å²) in [5, 5.41) is 26.1. The highest BCUT2D eigenvalue weighted by molar-refractivity contribution is 5.86. The van der Waals surface area contributed by atoms with Crippen LogP contribution >= 0.6 is 0 Å². The van der Waals surface area contributed by atoms with Gasteiger partial charge in [-0.05, 0) is 35.4 Å². The summed E-state index contributed by atoms with van der Waals surface area (Å²) in [7, 11) is 0. The van der Waals surface area contributed by atoms with Gasteiger partial charge in [0.15, 0.2) is 0 Å². The molecule has 0 saturated heterocycles. The molecule has 2 amide bonds. The van der Waals surface area contributed by atoms with Crippen molar-refractivity contribution < 1.29 is 19.8 Å². The smallest absolute Gasteiger partial charge is 0.240 e. The molecule has 0 saturated carbocycles. The van der Waals surface area contributed by atoms with Crippen molar-refractivity contribution in [3.05, 3.63) is 59.7 Å². The molecule has 0 spiro atoms. The van der Waals surface area contributed by atoms with Gasteiger partial charge >= 0.3 is 0 Å². The predicted molar refractivity (Wildman–Crippen MR) is 96.9 cm³/mol. The SMILES string of the molecule is O=C(CCC(=O)N/N=C\c1cccc(O)c1)N/N=C\c1cccc(O)c1. The van der Waals surface area contributed by atoms with Gasteiger partial charge in [-0.2, -0.15) is 10.2 Å². The summed E-state index contributed by atoms with van der Waals surface area (Å²) >= 11 is 0. The zero-order valence-electron chi connectivity index (χ0n) is 13.8. The molecule has 26 heavy (non-hydrogen) atoms. The van der Waals surface area contributed by atoms with Gasteiger partial charge in [0.05, 0.1) is 12.4 Å². The van der Waals surface area contributed by atoms with Crippen LogP contribution < -0.4 is 10.9 Å². The van der Waals surface area contributed by atoms with Crippen LogP contribution in [-0.2, 0) is 9.59 Å². The van der Waals surface area contributed by atoms with E-state index in [1.807, 2.05) is 0 Å². The van der Waals surface area contributed by atoms with E-state index in [1.165, 1.54) is 36.7 Å². The van der Waals surface area contributed by atoms with Crippen LogP contribution in [0.15, 0.2) is 58.7 Å². The summed E-state index contributed by atoms with van der Waals surface area (Å²) in [6.07, 6.45) is 2.67. The summed E-state index contributed by atoms with van der Waals surface area (Å²) in [6.45, 7) is 0. The Morgan fingerprint density at radius 3 is 1.62 bits per heavy atom. The minimum atomic E-state index is -0.423. The summed E-state index contributed by atoms with van der Waals surface area (Å²) in [4.78, 5) is 23.2. The molecule has 8 nitrogen and oxygen atoms in total. The molecule has 2 aromatic carbocycles. The Morgan fingerprint density at radius 1 is 0.808 bits per heavy atom. The number of hydrazone groups is 2. The zero-order valence-corrected chi connectivity index (χ0v) is 13.8. The summed E-state index contributed by atoms with van der Waals surface area (Å²) in [5.74, 6) is -0.645. The van der Waals surface area contributed by atoms with Crippen molar-refractivity contribution >= 4 is 24.2 Å². The molecule has 0 aromatic heterocycles. The molecule has 134 valence electrons. The fraction of sp³-hybridized carbons (Fsp3) is 0.111. The monoisotopic (exact) mass is 354 g/mol. The zero-order chi connectivity index (χ0) is 18.8. The van der Waals surface area contributed by atoms with Crippen LogP contribution in [0.1, 0.15) is 24.0 Å². The average Bonchev–Trinajstić information content (AvgIpc) is 2.60. The fourth-order valence-corrected chi connectivity index (χ4v) is 1.91. The number of carbonyl (C=O) groups is 2. The van der Waals surface area contributed by atoms with Crippen molar-refractivity contribution in [1.82, 2.24) is 10.9 Å². The molecule has 0 fully saturated rings. The van der Waals surface area contributed by atoms with Crippen LogP contribution in [0, 0.1) is 0 Å². The Morgan fingerprint density at radius 2 is 1.23 bits per heavy atom. The van der Waals surface area contributed by atoms with E-state index in [1.54, 1.807) is 24.3 Å². The maximum Gasteiger partial charge on any atom is 0.240 e. The lowest BCUT2D eigenvalue weighted by molar-refractivity contribution is -0.126. The maximum atomic E-state index is 11.6. The number of nitrogens with zero attached hydrogens (tertiary/aromatic N) is 2. The predicted octanol–water partition coefficient (Wildman–Crippen LogP) is 1.48. The number of hydrogen-bond donors (Lipinski definition) is 4. The molecule has 8 heteroatoms. The average molecular weight is 354 g/mol. The van der Waals surface area contributed by atoms with Gasteiger partial charge in [-0.1, -0.05) is 24.3 Å². The highest BCUT2D eigenvalue weighted by Gasteiger charge is 2.05. The third kappa shape index (κ3) is 6.83. The van der Waals surface area contributed by atoms with Crippen molar-refractivity contribution in [2.45, 2.75) is 12.8 Å². The van der Waals surface area contributed by atoms with Gasteiger partial charge in [-0.3, -0.25) is 9.59 Å². The number of amides is 2. The lowest BCUT2D eigenvalue weighted by Gasteiger charge is -2.00. The molecule has 0 atom stereocenters. The van der Waals surface area contributed by atoms with Crippen molar-refractivity contribution in [1.29, 1.82) is 0 Å². The molecule has 0 radical (unpaired) electrons. The third-order valence-corrected chi connectivity index (χ3v) is 3.13. The second kappa shape index (κ2) is 9.58. The van der Waals surface area contributed by atoms with Crippen LogP contribution in [0.3, 0.4) is 0 Å². The standard InChI is InChI=1S/C18H18N4O4/c23-15-5-1-3-13(9-15)11-19-21-17(25)7-8-18(26)22-20-12-14-4-2-6-16(24)10-14/h1-6,9-12,23-24H,7-8H2,(H,21,25)(H,22,26)/b19-11-,20-12-. The van der Waals surface area contributed by atoms with Crippen LogP contribution in [-0.4, -0.2) is 34.5 Å². The lowest BCUT2D eigenvalue weighted by Crippen LogP contribution is -2.22. The maximum absolute atomic E-state index is 11.6. The molecule has 0 aliphatic heterocycles. The number of aromatic hydroxyl groups is 2. The normalized spacial score (nSPS) is 10.9. The van der Waals surface area contributed by atoms with E-state index < -0.39 is 11.8 Å². The van der Waals surface area contributed by atoms with Crippen LogP contribution in [0.2, 0.25) is 0 Å². The number of rotatable bonds is 7. The van der Waals surface area contributed by atoms with Crippen molar-refractivity contribution in [3.63, 3.8) is 0 Å². The number of nitrogens with one attached hydrogen (secondary N) is 2. The van der Waals surface area contributed by atoms with Gasteiger partial charge in [0, 0.05) is 12.8 Å². The second-order valence-electron chi connectivity index (χ2n) is 5.28. The first kappa shape index (κ1) is 18.7. The van der Waals surface area contributed by atoms with E-state index in [9.17, 15) is 19.8 Å². The molecule has 2 rings (SSSR count). The van der Waals surface area contributed by atoms with Gasteiger partial charge in [0.1, 0.15) is 11.5 Å². The second-order valence-corrected chi connectivity index (χ2v) is 5.28. The van der Waals surface area contributed by atoms with Gasteiger partial charge in [0.2, 0.25) is 11.8 Å². The van der Waals surface area contributed by atoms with Crippen molar-refractivity contribution in [2.75, 3.05) is 0 Å². The largest absolute Gasteiger partial charge is 0.508 e. The van der Waals surface area contributed by atoms with Gasteiger partial charge < -0.3 is 10.2 Å². The molecule has 0 heterocycles. The van der Waals surface area contributed by atoms with E-state index >= 15 is 0 Å². The Bertz CT molecular complexity index is 764. The quantitative estimate of drug-likeness (QED) is 0.444. The number of phenols is 2. The van der Waals surface area contributed by atoms with Gasteiger partial charge in [-0.25, -0.2) is 10.9 Å². The van der Waals surface area contributed by atoms with Gasteiger partial charge in [0.25, 0.3) is 0 Å². The lowest BCUT2D eigenvalue weighted by atomic mass is 10.2. The number of phenolic OH excluding ortho intramolecular Hbond substituents is 2. The van der Waals surface area contributed by atoms with Crippen molar-refractivity contribution in [3.8, 4) is 11.5 Å².